The molecule has 0 radical (unpaired) electrons. The number of rotatable bonds is 6. The molecule has 0 aliphatic heterocycles. The van der Waals surface area contributed by atoms with Gasteiger partial charge >= 0.3 is 8.60 Å². The summed E-state index contributed by atoms with van der Waals surface area (Å²) in [6.45, 7) is 4.15. The van der Waals surface area contributed by atoms with Crippen molar-refractivity contribution in [2.45, 2.75) is 26.1 Å². The second-order valence-corrected chi connectivity index (χ2v) is 8.57. The lowest BCUT2D eigenvalue weighted by atomic mass is 9.95. The van der Waals surface area contributed by atoms with Crippen molar-refractivity contribution in [2.24, 2.45) is 0 Å². The molecule has 1 N–H and O–H groups in total. The van der Waals surface area contributed by atoms with Gasteiger partial charge in [-0.15, -0.1) is 0 Å². The van der Waals surface area contributed by atoms with Crippen LogP contribution in [-0.4, -0.2) is 17.1 Å². The van der Waals surface area contributed by atoms with Gasteiger partial charge in [0.2, 0.25) is 0 Å². The van der Waals surface area contributed by atoms with Gasteiger partial charge in [0.25, 0.3) is 0 Å². The van der Waals surface area contributed by atoms with Crippen molar-refractivity contribution in [3.63, 3.8) is 0 Å². The molecular weight excluding hydrogens is 415 g/mol. The second kappa shape index (κ2) is 10.7. The van der Waals surface area contributed by atoms with Crippen LogP contribution in [0.25, 0.3) is 11.1 Å². The fraction of sp³-hybridized carbons (Fsp3) is 0.143. The molecule has 0 aromatic heterocycles. The largest absolute Gasteiger partial charge is 0.331 e. The van der Waals surface area contributed by atoms with Gasteiger partial charge in [0.1, 0.15) is 12.2 Å². The number of allylic oxidation sites excluding steroid dienone is 6. The molecule has 0 bridgehead atoms. The summed E-state index contributed by atoms with van der Waals surface area (Å²) in [7, 11) is -2.11. The fourth-order valence-electron chi connectivity index (χ4n) is 3.83. The third-order valence-electron chi connectivity index (χ3n) is 5.65. The van der Waals surface area contributed by atoms with Gasteiger partial charge in [-0.1, -0.05) is 109 Å². The predicted octanol–water partition coefficient (Wildman–Crippen LogP) is 7.18. The summed E-state index contributed by atoms with van der Waals surface area (Å²) in [4.78, 5) is 10.8. The van der Waals surface area contributed by atoms with Crippen LogP contribution in [-0.2, 0) is 9.05 Å². The van der Waals surface area contributed by atoms with Crippen molar-refractivity contribution >= 4 is 19.7 Å². The maximum Gasteiger partial charge on any atom is 0.331 e. The zero-order chi connectivity index (χ0) is 22.3. The summed E-state index contributed by atoms with van der Waals surface area (Å²) < 4.78 is 12.0. The highest BCUT2D eigenvalue weighted by Gasteiger charge is 2.25. The average Bonchev–Trinajstić information content (AvgIpc) is 2.85. The first kappa shape index (κ1) is 22.4. The Kier molecular flexibility index (Phi) is 7.47. The third kappa shape index (κ3) is 5.32. The van der Waals surface area contributed by atoms with E-state index in [-0.39, 0.29) is 12.2 Å². The van der Waals surface area contributed by atoms with Gasteiger partial charge in [0, 0.05) is 0 Å². The average molecular weight is 442 g/mol. The van der Waals surface area contributed by atoms with E-state index < -0.39 is 8.60 Å². The van der Waals surface area contributed by atoms with Crippen molar-refractivity contribution in [3.05, 3.63) is 132 Å². The van der Waals surface area contributed by atoms with E-state index in [1.54, 1.807) is 0 Å². The fourth-order valence-corrected chi connectivity index (χ4v) is 4.64. The molecular formula is C28H27O3P. The van der Waals surface area contributed by atoms with E-state index in [2.05, 4.69) is 38.1 Å². The van der Waals surface area contributed by atoms with Crippen LogP contribution >= 0.6 is 8.60 Å². The molecule has 4 heteroatoms. The molecule has 0 saturated heterocycles. The summed E-state index contributed by atoms with van der Waals surface area (Å²) in [6.07, 6.45) is 15.0. The molecule has 162 valence electrons. The Morgan fingerprint density at radius 1 is 0.656 bits per heavy atom. The van der Waals surface area contributed by atoms with Gasteiger partial charge in [-0.05, 0) is 47.3 Å². The number of benzene rings is 2. The van der Waals surface area contributed by atoms with E-state index in [0.29, 0.717) is 0 Å². The van der Waals surface area contributed by atoms with Crippen LogP contribution in [0, 0.1) is 0 Å². The van der Waals surface area contributed by atoms with Crippen LogP contribution in [0.5, 0.6) is 0 Å². The Hall–Kier alpha value is -2.81. The maximum absolute atomic E-state index is 10.8. The maximum atomic E-state index is 10.8. The summed E-state index contributed by atoms with van der Waals surface area (Å²) in [5.74, 6) is 0. The summed E-state index contributed by atoms with van der Waals surface area (Å²) in [5.41, 5.74) is 6.51. The SMILES string of the molecule is CC(=C1C=CC=CC1OP(O)OC1C=CC=CC1=C(C)c1ccccc1)c1ccccc1. The van der Waals surface area contributed by atoms with E-state index in [0.717, 1.165) is 33.4 Å². The Morgan fingerprint density at radius 2 is 1.06 bits per heavy atom. The minimum Gasteiger partial charge on any atom is -0.328 e. The lowest BCUT2D eigenvalue weighted by Crippen LogP contribution is -2.17. The molecule has 2 aliphatic carbocycles. The Morgan fingerprint density at radius 3 is 1.47 bits per heavy atom. The molecule has 0 spiro atoms. The van der Waals surface area contributed by atoms with Crippen molar-refractivity contribution in [1.82, 2.24) is 0 Å². The normalized spacial score (nSPS) is 23.8. The highest BCUT2D eigenvalue weighted by Crippen LogP contribution is 2.43. The highest BCUT2D eigenvalue weighted by molar-refractivity contribution is 7.40. The van der Waals surface area contributed by atoms with E-state index in [1.807, 2.05) is 85.0 Å². The molecule has 2 unspecified atom stereocenters. The molecule has 2 aromatic rings. The molecule has 3 nitrogen and oxygen atoms in total. The van der Waals surface area contributed by atoms with Crippen LogP contribution in [0.15, 0.2) is 120 Å². The summed E-state index contributed by atoms with van der Waals surface area (Å²) in [6, 6.07) is 20.4. The van der Waals surface area contributed by atoms with E-state index in [1.165, 1.54) is 0 Å². The topological polar surface area (TPSA) is 38.7 Å². The van der Waals surface area contributed by atoms with Gasteiger partial charge in [0.05, 0.1) is 0 Å². The smallest absolute Gasteiger partial charge is 0.328 e. The van der Waals surface area contributed by atoms with Crippen LogP contribution < -0.4 is 0 Å². The van der Waals surface area contributed by atoms with E-state index in [4.69, 9.17) is 9.05 Å². The molecule has 0 fully saturated rings. The van der Waals surface area contributed by atoms with Crippen molar-refractivity contribution in [1.29, 1.82) is 0 Å². The van der Waals surface area contributed by atoms with Gasteiger partial charge in [-0.3, -0.25) is 9.05 Å². The van der Waals surface area contributed by atoms with Gasteiger partial charge in [-0.2, -0.15) is 0 Å². The van der Waals surface area contributed by atoms with Gasteiger partial charge in [-0.25, -0.2) is 0 Å². The molecule has 0 heterocycles. The summed E-state index contributed by atoms with van der Waals surface area (Å²) >= 11 is 0. The van der Waals surface area contributed by atoms with Crippen LogP contribution in [0.4, 0.5) is 0 Å². The second-order valence-electron chi connectivity index (χ2n) is 7.67. The first-order valence-corrected chi connectivity index (χ1v) is 11.8. The van der Waals surface area contributed by atoms with Crippen LogP contribution in [0.3, 0.4) is 0 Å². The molecule has 2 aromatic carbocycles. The monoisotopic (exact) mass is 442 g/mol. The zero-order valence-corrected chi connectivity index (χ0v) is 19.2. The highest BCUT2D eigenvalue weighted by atomic mass is 31.2. The third-order valence-corrected chi connectivity index (χ3v) is 6.46. The molecule has 4 rings (SSSR count). The standard InChI is InChI=1S/C28H27O3P/c1-21(23-13-5-3-6-14-23)25-17-9-11-19-27(25)30-32(29)31-28-20-12-10-18-26(28)22(2)24-15-7-4-8-16-24/h3-20,27-29H,1-2H3. The van der Waals surface area contributed by atoms with E-state index >= 15 is 0 Å². The van der Waals surface area contributed by atoms with Crippen molar-refractivity contribution < 1.29 is 13.9 Å². The van der Waals surface area contributed by atoms with Gasteiger partial charge in [0.15, 0.2) is 0 Å². The number of hydrogen-bond acceptors (Lipinski definition) is 3. The minimum atomic E-state index is -2.11. The first-order valence-electron chi connectivity index (χ1n) is 10.7. The van der Waals surface area contributed by atoms with Gasteiger partial charge < -0.3 is 4.89 Å². The van der Waals surface area contributed by atoms with Crippen molar-refractivity contribution in [2.75, 3.05) is 0 Å². The summed E-state index contributed by atoms with van der Waals surface area (Å²) in [5, 5.41) is 0. The quantitative estimate of drug-likeness (QED) is 0.482. The Balaban J connectivity index is 1.51. The molecule has 2 aliphatic rings. The predicted molar refractivity (Wildman–Crippen MR) is 134 cm³/mol. The number of hydrogen-bond donors (Lipinski definition) is 1. The van der Waals surface area contributed by atoms with Crippen LogP contribution in [0.2, 0.25) is 0 Å². The lowest BCUT2D eigenvalue weighted by molar-refractivity contribution is 0.174. The zero-order valence-electron chi connectivity index (χ0n) is 18.3. The lowest BCUT2D eigenvalue weighted by Gasteiger charge is -2.26. The van der Waals surface area contributed by atoms with E-state index in [9.17, 15) is 4.89 Å². The molecule has 32 heavy (non-hydrogen) atoms. The Bertz CT molecular complexity index is 1020. The first-order chi connectivity index (χ1) is 15.6. The van der Waals surface area contributed by atoms with Crippen LogP contribution in [0.1, 0.15) is 25.0 Å². The Labute approximate surface area is 191 Å². The molecule has 2 atom stereocenters. The molecule has 0 saturated carbocycles. The molecule has 0 amide bonds. The minimum absolute atomic E-state index is 0.373. The van der Waals surface area contributed by atoms with Crippen molar-refractivity contribution in [3.8, 4) is 0 Å².